The van der Waals surface area contributed by atoms with Crippen molar-refractivity contribution in [3.05, 3.63) is 81.1 Å². The summed E-state index contributed by atoms with van der Waals surface area (Å²) in [7, 11) is 4.54. The first-order valence-electron chi connectivity index (χ1n) is 12.3. The van der Waals surface area contributed by atoms with E-state index < -0.39 is 0 Å². The quantitative estimate of drug-likeness (QED) is 0.283. The molecule has 0 aliphatic carbocycles. The number of hydrogen-bond acceptors (Lipinski definition) is 7. The standard InChI is InChI=1S/C29H30N4O6/c1-16-12-18(26-32-22-14-19(37-4)15-23(38-5)24(22)29(36)33-26)13-17(2)25(16)39-11-10-31-28(35)21-9-7-6-8-20(21)27(34)30-3/h6-9,12-15H,10-11H2,1-5H3,(H,30,34)(H,31,35)(H,32,33,36). The number of carbonyl (C=O) groups excluding carboxylic acids is 2. The molecule has 0 bridgehead atoms. The fourth-order valence-electron chi connectivity index (χ4n) is 4.37. The molecule has 202 valence electrons. The van der Waals surface area contributed by atoms with Crippen molar-refractivity contribution in [2.24, 2.45) is 0 Å². The first-order chi connectivity index (χ1) is 18.8. The van der Waals surface area contributed by atoms with Gasteiger partial charge in [0.1, 0.15) is 35.1 Å². The van der Waals surface area contributed by atoms with Crippen LogP contribution in [-0.4, -0.2) is 56.2 Å². The number of nitrogens with one attached hydrogen (secondary N) is 3. The van der Waals surface area contributed by atoms with Crippen LogP contribution in [0.5, 0.6) is 17.2 Å². The summed E-state index contributed by atoms with van der Waals surface area (Å²) in [6.07, 6.45) is 0. The average molecular weight is 531 g/mol. The predicted octanol–water partition coefficient (Wildman–Crippen LogP) is 3.39. The number of nitrogens with zero attached hydrogens (tertiary/aromatic N) is 1. The zero-order valence-corrected chi connectivity index (χ0v) is 22.4. The normalized spacial score (nSPS) is 10.7. The van der Waals surface area contributed by atoms with Crippen LogP contribution in [0.25, 0.3) is 22.3 Å². The largest absolute Gasteiger partial charge is 0.497 e. The Morgan fingerprint density at radius 2 is 1.62 bits per heavy atom. The summed E-state index contributed by atoms with van der Waals surface area (Å²) in [5, 5.41) is 5.67. The van der Waals surface area contributed by atoms with Gasteiger partial charge in [-0.15, -0.1) is 0 Å². The van der Waals surface area contributed by atoms with Crippen LogP contribution in [0.4, 0.5) is 0 Å². The molecule has 4 aromatic rings. The van der Waals surface area contributed by atoms with Crippen LogP contribution in [0, 0.1) is 13.8 Å². The zero-order valence-electron chi connectivity index (χ0n) is 22.4. The van der Waals surface area contributed by atoms with Crippen LogP contribution in [0.1, 0.15) is 31.8 Å². The van der Waals surface area contributed by atoms with Gasteiger partial charge in [-0.25, -0.2) is 4.98 Å². The van der Waals surface area contributed by atoms with Crippen LogP contribution in [0.15, 0.2) is 53.3 Å². The van der Waals surface area contributed by atoms with E-state index in [2.05, 4.69) is 20.6 Å². The van der Waals surface area contributed by atoms with Crippen LogP contribution in [-0.2, 0) is 0 Å². The Balaban J connectivity index is 1.50. The van der Waals surface area contributed by atoms with Crippen molar-refractivity contribution in [1.29, 1.82) is 0 Å². The molecular weight excluding hydrogens is 500 g/mol. The van der Waals surface area contributed by atoms with E-state index in [0.717, 1.165) is 16.7 Å². The molecule has 0 radical (unpaired) electrons. The molecule has 0 fully saturated rings. The maximum atomic E-state index is 12.9. The topological polar surface area (TPSA) is 132 Å². The number of aromatic amines is 1. The maximum Gasteiger partial charge on any atom is 0.262 e. The Morgan fingerprint density at radius 1 is 0.949 bits per heavy atom. The molecule has 0 saturated heterocycles. The molecule has 2 amide bonds. The fraction of sp³-hybridized carbons (Fsp3) is 0.241. The lowest BCUT2D eigenvalue weighted by Crippen LogP contribution is -2.31. The second-order valence-corrected chi connectivity index (χ2v) is 8.81. The van der Waals surface area contributed by atoms with Crippen LogP contribution < -0.4 is 30.4 Å². The number of aromatic nitrogens is 2. The third kappa shape index (κ3) is 5.69. The van der Waals surface area contributed by atoms with Gasteiger partial charge in [-0.2, -0.15) is 0 Å². The molecule has 0 aliphatic heterocycles. The fourth-order valence-corrected chi connectivity index (χ4v) is 4.37. The van der Waals surface area contributed by atoms with Crippen molar-refractivity contribution >= 4 is 22.7 Å². The summed E-state index contributed by atoms with van der Waals surface area (Å²) < 4.78 is 16.7. The smallest absolute Gasteiger partial charge is 0.262 e. The molecule has 0 spiro atoms. The number of H-pyrrole nitrogens is 1. The van der Waals surface area contributed by atoms with Crippen molar-refractivity contribution in [3.63, 3.8) is 0 Å². The zero-order chi connectivity index (χ0) is 28.1. The van der Waals surface area contributed by atoms with Gasteiger partial charge in [0.2, 0.25) is 0 Å². The van der Waals surface area contributed by atoms with Gasteiger partial charge in [0.05, 0.1) is 37.4 Å². The molecule has 1 heterocycles. The molecule has 3 N–H and O–H groups in total. The molecule has 10 heteroatoms. The van der Waals surface area contributed by atoms with E-state index in [4.69, 9.17) is 14.2 Å². The van der Waals surface area contributed by atoms with Gasteiger partial charge in [0, 0.05) is 24.7 Å². The van der Waals surface area contributed by atoms with Crippen molar-refractivity contribution in [1.82, 2.24) is 20.6 Å². The van der Waals surface area contributed by atoms with Crippen LogP contribution in [0.2, 0.25) is 0 Å². The lowest BCUT2D eigenvalue weighted by molar-refractivity contribution is 0.0920. The number of rotatable bonds is 9. The second-order valence-electron chi connectivity index (χ2n) is 8.81. The van der Waals surface area contributed by atoms with Gasteiger partial charge < -0.3 is 29.8 Å². The molecule has 10 nitrogen and oxygen atoms in total. The van der Waals surface area contributed by atoms with Crippen LogP contribution >= 0.6 is 0 Å². The second kappa shape index (κ2) is 11.7. The van der Waals surface area contributed by atoms with E-state index in [9.17, 15) is 14.4 Å². The summed E-state index contributed by atoms with van der Waals surface area (Å²) in [5.41, 5.74) is 3.13. The molecule has 0 atom stereocenters. The highest BCUT2D eigenvalue weighted by atomic mass is 16.5. The van der Waals surface area contributed by atoms with E-state index in [-0.39, 0.29) is 30.5 Å². The summed E-state index contributed by atoms with van der Waals surface area (Å²) in [5.74, 6) is 1.30. The van der Waals surface area contributed by atoms with E-state index in [1.54, 1.807) is 36.4 Å². The number of ether oxygens (including phenoxy) is 3. The highest BCUT2D eigenvalue weighted by molar-refractivity contribution is 6.07. The number of carbonyl (C=O) groups is 2. The van der Waals surface area contributed by atoms with E-state index in [1.165, 1.54) is 21.3 Å². The third-order valence-electron chi connectivity index (χ3n) is 6.21. The minimum absolute atomic E-state index is 0.222. The van der Waals surface area contributed by atoms with Gasteiger partial charge in [-0.3, -0.25) is 14.4 Å². The van der Waals surface area contributed by atoms with Gasteiger partial charge in [0.25, 0.3) is 17.4 Å². The number of amides is 2. The number of fused-ring (bicyclic) bond motifs is 1. The summed E-state index contributed by atoms with van der Waals surface area (Å²) in [4.78, 5) is 45.1. The van der Waals surface area contributed by atoms with E-state index in [1.807, 2.05) is 26.0 Å². The number of methoxy groups -OCH3 is 2. The third-order valence-corrected chi connectivity index (χ3v) is 6.21. The minimum Gasteiger partial charge on any atom is -0.497 e. The molecule has 0 unspecified atom stereocenters. The van der Waals surface area contributed by atoms with Crippen LogP contribution in [0.3, 0.4) is 0 Å². The Hall–Kier alpha value is -4.86. The van der Waals surface area contributed by atoms with Gasteiger partial charge in [-0.05, 0) is 49.2 Å². The number of aryl methyl sites for hydroxylation is 2. The monoisotopic (exact) mass is 530 g/mol. The lowest BCUT2D eigenvalue weighted by Gasteiger charge is -2.15. The molecular formula is C29H30N4O6. The van der Waals surface area contributed by atoms with E-state index >= 15 is 0 Å². The van der Waals surface area contributed by atoms with Gasteiger partial charge >= 0.3 is 0 Å². The SMILES string of the molecule is CNC(=O)c1ccccc1C(=O)NCCOc1c(C)cc(-c2nc3cc(OC)cc(OC)c3c(=O)[nH]2)cc1C. The predicted molar refractivity (Wildman–Crippen MR) is 148 cm³/mol. The Bertz CT molecular complexity index is 1590. The van der Waals surface area contributed by atoms with Crippen molar-refractivity contribution in [2.45, 2.75) is 13.8 Å². The van der Waals surface area contributed by atoms with Gasteiger partial charge in [-0.1, -0.05) is 12.1 Å². The molecule has 0 aliphatic rings. The lowest BCUT2D eigenvalue weighted by atomic mass is 10.0. The first kappa shape index (κ1) is 27.2. The van der Waals surface area contributed by atoms with E-state index in [0.29, 0.717) is 45.1 Å². The average Bonchev–Trinajstić information content (AvgIpc) is 2.94. The highest BCUT2D eigenvalue weighted by Crippen LogP contribution is 2.31. The number of benzene rings is 3. The summed E-state index contributed by atoms with van der Waals surface area (Å²) >= 11 is 0. The molecule has 4 rings (SSSR count). The van der Waals surface area contributed by atoms with Crippen molar-refractivity contribution in [3.8, 4) is 28.6 Å². The maximum absolute atomic E-state index is 12.9. The summed E-state index contributed by atoms with van der Waals surface area (Å²) in [6.45, 7) is 4.26. The Kier molecular flexibility index (Phi) is 8.14. The Labute approximate surface area is 225 Å². The molecule has 39 heavy (non-hydrogen) atoms. The number of hydrogen-bond donors (Lipinski definition) is 3. The first-order valence-corrected chi connectivity index (χ1v) is 12.3. The molecule has 1 aromatic heterocycles. The van der Waals surface area contributed by atoms with Crippen molar-refractivity contribution in [2.75, 3.05) is 34.4 Å². The molecule has 3 aromatic carbocycles. The molecule has 0 saturated carbocycles. The van der Waals surface area contributed by atoms with Crippen molar-refractivity contribution < 1.29 is 23.8 Å². The minimum atomic E-state index is -0.360. The summed E-state index contributed by atoms with van der Waals surface area (Å²) in [6, 6.07) is 13.7. The highest BCUT2D eigenvalue weighted by Gasteiger charge is 2.17. The Morgan fingerprint density at radius 3 is 2.23 bits per heavy atom. The van der Waals surface area contributed by atoms with Gasteiger partial charge in [0.15, 0.2) is 0 Å².